The quantitative estimate of drug-likeness (QED) is 0.763. The van der Waals surface area contributed by atoms with Crippen LogP contribution < -0.4 is 5.32 Å². The first-order chi connectivity index (χ1) is 7.27. The summed E-state index contributed by atoms with van der Waals surface area (Å²) < 4.78 is 0.961. The van der Waals surface area contributed by atoms with Crippen LogP contribution in [0.4, 0.5) is 4.79 Å². The van der Waals surface area contributed by atoms with Gasteiger partial charge in [-0.1, -0.05) is 23.5 Å². The van der Waals surface area contributed by atoms with Crippen molar-refractivity contribution < 1.29 is 9.59 Å². The number of hydrogen-bond acceptors (Lipinski definition) is 5. The van der Waals surface area contributed by atoms with Crippen LogP contribution >= 0.6 is 23.5 Å². The molecule has 2 heterocycles. The average Bonchev–Trinajstić information content (AvgIpc) is 2.84. The smallest absolute Gasteiger partial charge is 0.324 e. The summed E-state index contributed by atoms with van der Waals surface area (Å²) in [6.07, 6.45) is 0. The van der Waals surface area contributed by atoms with E-state index >= 15 is 0 Å². The molecule has 0 spiro atoms. The van der Waals surface area contributed by atoms with Crippen molar-refractivity contribution in [3.05, 3.63) is 0 Å². The van der Waals surface area contributed by atoms with Gasteiger partial charge in [-0.25, -0.2) is 4.79 Å². The van der Waals surface area contributed by atoms with Crippen LogP contribution in [0.1, 0.15) is 0 Å². The van der Waals surface area contributed by atoms with Gasteiger partial charge in [-0.3, -0.25) is 14.7 Å². The largest absolute Gasteiger partial charge is 0.336 e. The Hall–Kier alpha value is -0.690. The van der Waals surface area contributed by atoms with Gasteiger partial charge in [0.05, 0.1) is 12.3 Å². The number of urea groups is 1. The normalized spacial score (nSPS) is 20.4. The van der Waals surface area contributed by atoms with Gasteiger partial charge in [0.1, 0.15) is 4.38 Å². The van der Waals surface area contributed by atoms with E-state index in [0.29, 0.717) is 18.8 Å². The Morgan fingerprint density at radius 1 is 1.67 bits per heavy atom. The number of imide groups is 1. The zero-order valence-corrected chi connectivity index (χ0v) is 9.70. The van der Waals surface area contributed by atoms with Crippen molar-refractivity contribution in [3.8, 4) is 0 Å². The Balaban J connectivity index is 1.79. The Kier molecular flexibility index (Phi) is 3.53. The van der Waals surface area contributed by atoms with E-state index < -0.39 is 0 Å². The zero-order chi connectivity index (χ0) is 10.7. The molecular weight excluding hydrogens is 234 g/mol. The van der Waals surface area contributed by atoms with E-state index in [4.69, 9.17) is 0 Å². The second-order valence-corrected chi connectivity index (χ2v) is 5.37. The monoisotopic (exact) mass is 245 g/mol. The first-order valence-electron chi connectivity index (χ1n) is 4.65. The Morgan fingerprint density at radius 2 is 2.53 bits per heavy atom. The molecular formula is C8H11N3O2S2. The van der Waals surface area contributed by atoms with Gasteiger partial charge < -0.3 is 5.32 Å². The Morgan fingerprint density at radius 3 is 3.13 bits per heavy atom. The minimum atomic E-state index is -0.276. The van der Waals surface area contributed by atoms with Crippen LogP contribution in [0.3, 0.4) is 0 Å². The number of carbonyl (C=O) groups excluding carboxylic acids is 2. The molecule has 5 nitrogen and oxygen atoms in total. The third-order valence-corrected chi connectivity index (χ3v) is 4.27. The fourth-order valence-electron chi connectivity index (χ4n) is 1.31. The summed E-state index contributed by atoms with van der Waals surface area (Å²) in [4.78, 5) is 28.2. The molecule has 0 aromatic heterocycles. The maximum Gasteiger partial charge on any atom is 0.324 e. The van der Waals surface area contributed by atoms with E-state index in [-0.39, 0.29) is 11.9 Å². The highest BCUT2D eigenvalue weighted by Gasteiger charge is 2.26. The molecule has 0 atom stereocenters. The summed E-state index contributed by atoms with van der Waals surface area (Å²) in [7, 11) is 0. The van der Waals surface area contributed by atoms with Crippen LogP contribution in [0.5, 0.6) is 0 Å². The van der Waals surface area contributed by atoms with Gasteiger partial charge in [0, 0.05) is 18.8 Å². The summed E-state index contributed by atoms with van der Waals surface area (Å²) in [6, 6.07) is -0.276. The van der Waals surface area contributed by atoms with Gasteiger partial charge in [-0.15, -0.1) is 0 Å². The Labute approximate surface area is 96.1 Å². The summed E-state index contributed by atoms with van der Waals surface area (Å²) in [5.41, 5.74) is 0. The number of thioether (sulfide) groups is 2. The third kappa shape index (κ3) is 2.66. The molecule has 0 radical (unpaired) electrons. The average molecular weight is 245 g/mol. The lowest BCUT2D eigenvalue weighted by Crippen LogP contribution is -2.35. The SMILES string of the molecule is O=C(CSC1=NCCS1)N1CCNC1=O. The molecule has 1 N–H and O–H groups in total. The number of amides is 3. The molecule has 0 aliphatic carbocycles. The zero-order valence-electron chi connectivity index (χ0n) is 8.06. The fourth-order valence-corrected chi connectivity index (χ4v) is 3.20. The molecule has 15 heavy (non-hydrogen) atoms. The van der Waals surface area contributed by atoms with Crippen molar-refractivity contribution in [2.45, 2.75) is 0 Å². The number of carbonyl (C=O) groups is 2. The van der Waals surface area contributed by atoms with Crippen molar-refractivity contribution in [1.82, 2.24) is 10.2 Å². The molecule has 1 saturated heterocycles. The molecule has 7 heteroatoms. The third-order valence-electron chi connectivity index (χ3n) is 2.03. The van der Waals surface area contributed by atoms with Crippen LogP contribution in [0.15, 0.2) is 4.99 Å². The van der Waals surface area contributed by atoms with E-state index in [9.17, 15) is 9.59 Å². The van der Waals surface area contributed by atoms with Gasteiger partial charge in [-0.05, 0) is 0 Å². The lowest BCUT2D eigenvalue weighted by molar-refractivity contribution is -0.124. The van der Waals surface area contributed by atoms with Crippen molar-refractivity contribution in [2.75, 3.05) is 31.1 Å². The van der Waals surface area contributed by atoms with E-state index in [0.717, 1.165) is 16.7 Å². The number of hydrogen-bond donors (Lipinski definition) is 1. The maximum absolute atomic E-state index is 11.6. The van der Waals surface area contributed by atoms with E-state index in [1.54, 1.807) is 11.8 Å². The van der Waals surface area contributed by atoms with Gasteiger partial charge >= 0.3 is 6.03 Å². The maximum atomic E-state index is 11.6. The number of nitrogens with zero attached hydrogens (tertiary/aromatic N) is 2. The first kappa shape index (κ1) is 10.8. The summed E-state index contributed by atoms with van der Waals surface area (Å²) in [5.74, 6) is 1.17. The first-order valence-corrected chi connectivity index (χ1v) is 6.63. The highest BCUT2D eigenvalue weighted by Crippen LogP contribution is 2.22. The summed E-state index contributed by atoms with van der Waals surface area (Å²) in [5, 5.41) is 2.60. The fraction of sp³-hybridized carbons (Fsp3) is 0.625. The minimum Gasteiger partial charge on any atom is -0.336 e. The standard InChI is InChI=1S/C8H11N3O2S2/c12-6(11-3-1-9-7(11)13)5-15-8-10-2-4-14-8/h1-5H2,(H,9,13). The summed E-state index contributed by atoms with van der Waals surface area (Å²) in [6.45, 7) is 1.88. The molecule has 2 aliphatic rings. The molecule has 1 fully saturated rings. The van der Waals surface area contributed by atoms with E-state index in [2.05, 4.69) is 10.3 Å². The molecule has 3 amide bonds. The van der Waals surface area contributed by atoms with Crippen LogP contribution in [0.25, 0.3) is 0 Å². The van der Waals surface area contributed by atoms with Crippen molar-refractivity contribution in [2.24, 2.45) is 4.99 Å². The molecule has 2 aliphatic heterocycles. The number of rotatable bonds is 2. The van der Waals surface area contributed by atoms with Crippen molar-refractivity contribution in [1.29, 1.82) is 0 Å². The highest BCUT2D eigenvalue weighted by molar-refractivity contribution is 8.39. The van der Waals surface area contributed by atoms with E-state index in [1.165, 1.54) is 16.7 Å². The summed E-state index contributed by atoms with van der Waals surface area (Å²) >= 11 is 3.09. The minimum absolute atomic E-state index is 0.134. The van der Waals surface area contributed by atoms with E-state index in [1.807, 2.05) is 0 Å². The van der Waals surface area contributed by atoms with Gasteiger partial charge in [0.25, 0.3) is 0 Å². The molecule has 0 bridgehead atoms. The topological polar surface area (TPSA) is 61.8 Å². The lowest BCUT2D eigenvalue weighted by atomic mass is 10.5. The molecule has 0 aromatic carbocycles. The van der Waals surface area contributed by atoms with Crippen molar-refractivity contribution >= 4 is 39.8 Å². The number of nitrogens with one attached hydrogen (secondary N) is 1. The molecule has 2 rings (SSSR count). The number of aliphatic imine (C=N–C) groups is 1. The Bertz CT molecular complexity index is 319. The highest BCUT2D eigenvalue weighted by atomic mass is 32.2. The van der Waals surface area contributed by atoms with Gasteiger partial charge in [-0.2, -0.15) is 0 Å². The second kappa shape index (κ2) is 4.89. The predicted molar refractivity (Wildman–Crippen MR) is 62.3 cm³/mol. The predicted octanol–water partition coefficient (Wildman–Crippen LogP) is 0.374. The van der Waals surface area contributed by atoms with Crippen LogP contribution in [-0.4, -0.2) is 52.4 Å². The molecule has 0 saturated carbocycles. The van der Waals surface area contributed by atoms with Crippen molar-refractivity contribution in [3.63, 3.8) is 0 Å². The second-order valence-electron chi connectivity index (χ2n) is 3.06. The van der Waals surface area contributed by atoms with Gasteiger partial charge in [0.15, 0.2) is 0 Å². The molecule has 0 aromatic rings. The molecule has 82 valence electrons. The lowest BCUT2D eigenvalue weighted by Gasteiger charge is -2.10. The van der Waals surface area contributed by atoms with Gasteiger partial charge in [0.2, 0.25) is 5.91 Å². The van der Waals surface area contributed by atoms with Crippen LogP contribution in [-0.2, 0) is 4.79 Å². The molecule has 0 unspecified atom stereocenters. The van der Waals surface area contributed by atoms with Crippen LogP contribution in [0.2, 0.25) is 0 Å². The van der Waals surface area contributed by atoms with Crippen LogP contribution in [0, 0.1) is 0 Å².